The third-order valence-corrected chi connectivity index (χ3v) is 6.81. The van der Waals surface area contributed by atoms with E-state index < -0.39 is 16.5 Å². The van der Waals surface area contributed by atoms with Crippen molar-refractivity contribution in [2.24, 2.45) is 27.5 Å². The molecule has 132 valence electrons. The van der Waals surface area contributed by atoms with Crippen molar-refractivity contribution < 1.29 is 23.8 Å². The lowest BCUT2D eigenvalue weighted by Gasteiger charge is -2.48. The molecule has 0 aromatic carbocycles. The predicted molar refractivity (Wildman–Crippen MR) is 81.3 cm³/mol. The molecule has 0 amide bonds. The van der Waals surface area contributed by atoms with Gasteiger partial charge in [0, 0.05) is 30.3 Å². The van der Waals surface area contributed by atoms with Gasteiger partial charge in [0.2, 0.25) is 0 Å². The first kappa shape index (κ1) is 16.0. The average Bonchev–Trinajstić information content (AvgIpc) is 3.13. The highest BCUT2D eigenvalue weighted by Crippen LogP contribution is 2.81. The van der Waals surface area contributed by atoms with Crippen molar-refractivity contribution in [2.45, 2.75) is 31.0 Å². The molecule has 3 heterocycles. The van der Waals surface area contributed by atoms with Gasteiger partial charge >= 0.3 is 11.9 Å². The molecular weight excluding hydrogens is 314 g/mol. The molecule has 3 aliphatic heterocycles. The smallest absolute Gasteiger partial charge is 0.337 e. The molecule has 0 spiro atoms. The highest BCUT2D eigenvalue weighted by molar-refractivity contribution is 5.94. The molecule has 6 unspecified atom stereocenters. The van der Waals surface area contributed by atoms with Gasteiger partial charge < -0.3 is 14.2 Å². The van der Waals surface area contributed by atoms with E-state index in [1.165, 1.54) is 14.2 Å². The SMILES string of the molecule is COC(=O)C12N=NC3(C(=O)OC)C(C1C)C3(C)C2N1CCOCC1. The van der Waals surface area contributed by atoms with Crippen LogP contribution in [0.1, 0.15) is 13.8 Å². The minimum Gasteiger partial charge on any atom is -0.467 e. The zero-order valence-electron chi connectivity index (χ0n) is 14.4. The molecule has 0 N–H and O–H groups in total. The Labute approximate surface area is 140 Å². The Hall–Kier alpha value is -1.54. The number of ether oxygens (including phenoxy) is 3. The van der Waals surface area contributed by atoms with Gasteiger partial charge in [-0.3, -0.25) is 4.90 Å². The van der Waals surface area contributed by atoms with E-state index in [-0.39, 0.29) is 29.8 Å². The molecule has 0 radical (unpaired) electrons. The lowest BCUT2D eigenvalue weighted by atomic mass is 9.73. The summed E-state index contributed by atoms with van der Waals surface area (Å²) in [6.45, 7) is 6.62. The van der Waals surface area contributed by atoms with Gasteiger partial charge in [-0.25, -0.2) is 9.59 Å². The van der Waals surface area contributed by atoms with Crippen LogP contribution in [-0.2, 0) is 23.8 Å². The van der Waals surface area contributed by atoms with Crippen molar-refractivity contribution in [1.29, 1.82) is 0 Å². The molecule has 3 fully saturated rings. The van der Waals surface area contributed by atoms with Crippen LogP contribution in [0.15, 0.2) is 10.2 Å². The Bertz CT molecular complexity index is 633. The Morgan fingerprint density at radius 1 is 1.12 bits per heavy atom. The number of esters is 2. The Kier molecular flexibility index (Phi) is 3.16. The van der Waals surface area contributed by atoms with E-state index in [9.17, 15) is 9.59 Å². The van der Waals surface area contributed by atoms with E-state index in [1.807, 2.05) is 13.8 Å². The van der Waals surface area contributed by atoms with Crippen LogP contribution in [0.25, 0.3) is 0 Å². The zero-order valence-corrected chi connectivity index (χ0v) is 14.4. The third kappa shape index (κ3) is 1.40. The summed E-state index contributed by atoms with van der Waals surface area (Å²) in [6.07, 6.45) is 0. The first-order valence-corrected chi connectivity index (χ1v) is 8.35. The van der Waals surface area contributed by atoms with E-state index in [2.05, 4.69) is 15.1 Å². The van der Waals surface area contributed by atoms with Crippen LogP contribution in [-0.4, -0.2) is 74.5 Å². The molecule has 8 nitrogen and oxygen atoms in total. The molecule has 5 rings (SSSR count). The van der Waals surface area contributed by atoms with Crippen LogP contribution in [0.3, 0.4) is 0 Å². The number of rotatable bonds is 3. The fourth-order valence-electron chi connectivity index (χ4n) is 5.89. The van der Waals surface area contributed by atoms with Crippen LogP contribution in [0, 0.1) is 17.3 Å². The second-order valence-corrected chi connectivity index (χ2v) is 7.37. The minimum atomic E-state index is -1.05. The van der Waals surface area contributed by atoms with Gasteiger partial charge in [-0.2, -0.15) is 10.2 Å². The third-order valence-electron chi connectivity index (χ3n) is 6.81. The number of carbonyl (C=O) groups is 2. The van der Waals surface area contributed by atoms with Gasteiger partial charge in [0.05, 0.1) is 33.5 Å². The monoisotopic (exact) mass is 337 g/mol. The summed E-state index contributed by atoms with van der Waals surface area (Å²) in [5.74, 6) is -0.939. The minimum absolute atomic E-state index is 0.0677. The van der Waals surface area contributed by atoms with Crippen molar-refractivity contribution >= 4 is 11.9 Å². The largest absolute Gasteiger partial charge is 0.467 e. The molecule has 6 atom stereocenters. The summed E-state index contributed by atoms with van der Waals surface area (Å²) in [4.78, 5) is 27.5. The zero-order chi connectivity index (χ0) is 17.3. The van der Waals surface area contributed by atoms with Gasteiger partial charge in [-0.1, -0.05) is 13.8 Å². The summed E-state index contributed by atoms with van der Waals surface area (Å²) in [6, 6.07) is -0.238. The number of azo groups is 1. The van der Waals surface area contributed by atoms with E-state index >= 15 is 0 Å². The van der Waals surface area contributed by atoms with E-state index in [4.69, 9.17) is 14.2 Å². The second-order valence-electron chi connectivity index (χ2n) is 7.37. The highest BCUT2D eigenvalue weighted by Gasteiger charge is 2.95. The van der Waals surface area contributed by atoms with Crippen LogP contribution >= 0.6 is 0 Å². The quantitative estimate of drug-likeness (QED) is 0.687. The maximum absolute atomic E-state index is 12.8. The van der Waals surface area contributed by atoms with Gasteiger partial charge in [0.1, 0.15) is 0 Å². The van der Waals surface area contributed by atoms with E-state index in [1.54, 1.807) is 0 Å². The molecule has 2 aliphatic carbocycles. The van der Waals surface area contributed by atoms with Crippen molar-refractivity contribution in [3.8, 4) is 0 Å². The Morgan fingerprint density at radius 3 is 2.33 bits per heavy atom. The van der Waals surface area contributed by atoms with E-state index in [0.717, 1.165) is 0 Å². The molecule has 24 heavy (non-hydrogen) atoms. The Morgan fingerprint density at radius 2 is 1.75 bits per heavy atom. The summed E-state index contributed by atoms with van der Waals surface area (Å²) in [5, 5.41) is 8.75. The number of carbonyl (C=O) groups excluding carboxylic acids is 2. The molecule has 5 aliphatic rings. The summed E-state index contributed by atoms with van der Waals surface area (Å²) in [5.41, 5.74) is -2.51. The fraction of sp³-hybridized carbons (Fsp3) is 0.875. The number of nitrogens with zero attached hydrogens (tertiary/aromatic N) is 3. The van der Waals surface area contributed by atoms with Gasteiger partial charge in [0.25, 0.3) is 0 Å². The normalized spacial score (nSPS) is 48.9. The summed E-state index contributed by atoms with van der Waals surface area (Å²) >= 11 is 0. The standard InChI is InChI=1S/C16H23N3O5/c1-9-10-14(2)11(19-5-7-24-8-6-19)15(9,12(20)22-3)17-18-16(10,14)13(21)23-4/h9-11H,5-8H2,1-4H3. The summed E-state index contributed by atoms with van der Waals surface area (Å²) < 4.78 is 15.6. The number of morpholine rings is 1. The Balaban J connectivity index is 1.86. The molecule has 1 saturated heterocycles. The van der Waals surface area contributed by atoms with Gasteiger partial charge in [-0.05, 0) is 0 Å². The van der Waals surface area contributed by atoms with Gasteiger partial charge in [-0.15, -0.1) is 0 Å². The average molecular weight is 337 g/mol. The fourth-order valence-corrected chi connectivity index (χ4v) is 5.89. The van der Waals surface area contributed by atoms with Crippen LogP contribution in [0.4, 0.5) is 0 Å². The molecule has 4 bridgehead atoms. The summed E-state index contributed by atoms with van der Waals surface area (Å²) in [7, 11) is 2.75. The molecule has 2 saturated carbocycles. The van der Waals surface area contributed by atoms with Crippen molar-refractivity contribution in [1.82, 2.24) is 4.90 Å². The lowest BCUT2D eigenvalue weighted by Crippen LogP contribution is -2.66. The maximum Gasteiger partial charge on any atom is 0.337 e. The van der Waals surface area contributed by atoms with Crippen molar-refractivity contribution in [3.63, 3.8) is 0 Å². The van der Waals surface area contributed by atoms with Crippen molar-refractivity contribution in [2.75, 3.05) is 40.5 Å². The molecular formula is C16H23N3O5. The predicted octanol–water partition coefficient (Wildman–Crippen LogP) is 0.262. The van der Waals surface area contributed by atoms with E-state index in [0.29, 0.717) is 26.3 Å². The van der Waals surface area contributed by atoms with Crippen LogP contribution < -0.4 is 0 Å². The first-order chi connectivity index (χ1) is 11.4. The van der Waals surface area contributed by atoms with Crippen molar-refractivity contribution in [3.05, 3.63) is 0 Å². The number of methoxy groups -OCH3 is 2. The molecule has 0 aromatic rings. The van der Waals surface area contributed by atoms with Crippen LogP contribution in [0.5, 0.6) is 0 Å². The highest BCUT2D eigenvalue weighted by atomic mass is 16.5. The van der Waals surface area contributed by atoms with Crippen LogP contribution in [0.2, 0.25) is 0 Å². The molecule has 8 heteroatoms. The lowest BCUT2D eigenvalue weighted by molar-refractivity contribution is -0.161. The maximum atomic E-state index is 12.8. The topological polar surface area (TPSA) is 89.8 Å². The second kappa shape index (κ2) is 4.76. The number of hydrogen-bond donors (Lipinski definition) is 0. The number of hydrogen-bond acceptors (Lipinski definition) is 8. The van der Waals surface area contributed by atoms with Gasteiger partial charge in [0.15, 0.2) is 11.1 Å². The molecule has 0 aromatic heterocycles. The first-order valence-electron chi connectivity index (χ1n) is 8.35.